The summed E-state index contributed by atoms with van der Waals surface area (Å²) in [5, 5.41) is 11.8. The Morgan fingerprint density at radius 3 is 2.31 bits per heavy atom. The maximum atomic E-state index is 13.0. The van der Waals surface area contributed by atoms with E-state index in [0.29, 0.717) is 47.3 Å². The predicted molar refractivity (Wildman–Crippen MR) is 143 cm³/mol. The van der Waals surface area contributed by atoms with Crippen molar-refractivity contribution in [2.45, 2.75) is 52.0 Å². The fourth-order valence-electron chi connectivity index (χ4n) is 4.16. The van der Waals surface area contributed by atoms with Crippen molar-refractivity contribution in [1.82, 2.24) is 9.97 Å². The normalized spacial score (nSPS) is 11.6. The van der Waals surface area contributed by atoms with Crippen molar-refractivity contribution >= 4 is 11.5 Å². The molecule has 0 bridgehead atoms. The molecular formula is C28H36N4O4. The van der Waals surface area contributed by atoms with E-state index in [-0.39, 0.29) is 17.3 Å². The first-order chi connectivity index (χ1) is 17.4. The molecule has 0 aliphatic rings. The van der Waals surface area contributed by atoms with Gasteiger partial charge in [0.2, 0.25) is 5.75 Å². The van der Waals surface area contributed by atoms with E-state index in [0.717, 1.165) is 24.8 Å². The first-order valence-electron chi connectivity index (χ1n) is 12.2. The molecular weight excluding hydrogens is 456 g/mol. The molecule has 0 saturated heterocycles. The van der Waals surface area contributed by atoms with Crippen LogP contribution in [0, 0.1) is 5.41 Å². The Bertz CT molecular complexity index is 1200. The number of hydrogen-bond acceptors (Lipinski definition) is 7. The lowest BCUT2D eigenvalue weighted by Crippen LogP contribution is -2.27. The number of nitrogens with one attached hydrogen (secondary N) is 3. The molecule has 0 amide bonds. The van der Waals surface area contributed by atoms with Crippen LogP contribution in [0.1, 0.15) is 55.6 Å². The summed E-state index contributed by atoms with van der Waals surface area (Å²) < 4.78 is 16.3. The summed E-state index contributed by atoms with van der Waals surface area (Å²) in [6.07, 6.45) is 3.68. The van der Waals surface area contributed by atoms with Crippen LogP contribution in [0.2, 0.25) is 0 Å². The molecule has 8 nitrogen and oxygen atoms in total. The molecule has 1 unspecified atom stereocenters. The van der Waals surface area contributed by atoms with E-state index in [4.69, 9.17) is 24.6 Å². The van der Waals surface area contributed by atoms with Gasteiger partial charge in [0.1, 0.15) is 17.2 Å². The zero-order valence-corrected chi connectivity index (χ0v) is 21.7. The first-order valence-corrected chi connectivity index (χ1v) is 12.2. The number of H-pyrrole nitrogens is 1. The van der Waals surface area contributed by atoms with Crippen LogP contribution in [0.25, 0.3) is 0 Å². The van der Waals surface area contributed by atoms with Crippen LogP contribution in [0.3, 0.4) is 0 Å². The van der Waals surface area contributed by atoms with E-state index in [1.54, 1.807) is 21.3 Å². The molecule has 3 aromatic rings. The minimum Gasteiger partial charge on any atom is -0.493 e. The zero-order valence-electron chi connectivity index (χ0n) is 21.7. The lowest BCUT2D eigenvalue weighted by atomic mass is 10.0. The number of rotatable bonds is 13. The lowest BCUT2D eigenvalue weighted by molar-refractivity contribution is 0.324. The van der Waals surface area contributed by atoms with Gasteiger partial charge in [-0.25, -0.2) is 4.98 Å². The number of aromatic nitrogens is 2. The highest BCUT2D eigenvalue weighted by Gasteiger charge is 2.19. The zero-order chi connectivity index (χ0) is 26.1. The minimum absolute atomic E-state index is 0.0837. The van der Waals surface area contributed by atoms with Gasteiger partial charge in [-0.3, -0.25) is 4.79 Å². The van der Waals surface area contributed by atoms with E-state index in [1.165, 1.54) is 5.56 Å². The van der Waals surface area contributed by atoms with Crippen molar-refractivity contribution in [2.75, 3.05) is 26.6 Å². The smallest absolute Gasteiger partial charge is 0.262 e. The fourth-order valence-corrected chi connectivity index (χ4v) is 4.16. The molecule has 3 N–H and O–H groups in total. The van der Waals surface area contributed by atoms with E-state index in [9.17, 15) is 4.79 Å². The summed E-state index contributed by atoms with van der Waals surface area (Å²) in [5.74, 6) is 2.50. The number of ether oxygens (including phenoxy) is 3. The van der Waals surface area contributed by atoms with Crippen LogP contribution >= 0.6 is 0 Å². The topological polar surface area (TPSA) is 109 Å². The highest BCUT2D eigenvalue weighted by atomic mass is 16.5. The van der Waals surface area contributed by atoms with Gasteiger partial charge < -0.3 is 29.9 Å². The second kappa shape index (κ2) is 12.8. The molecule has 1 atom stereocenters. The van der Waals surface area contributed by atoms with Crippen LogP contribution in [0.4, 0.5) is 5.82 Å². The molecule has 0 aliphatic heterocycles. The van der Waals surface area contributed by atoms with Crippen LogP contribution in [-0.4, -0.2) is 43.1 Å². The van der Waals surface area contributed by atoms with Gasteiger partial charge in [0, 0.05) is 18.2 Å². The van der Waals surface area contributed by atoms with Crippen LogP contribution in [0.5, 0.6) is 17.2 Å². The summed E-state index contributed by atoms with van der Waals surface area (Å²) in [6.45, 7) is 3.94. The summed E-state index contributed by atoms with van der Waals surface area (Å²) >= 11 is 0. The molecule has 0 fully saturated rings. The van der Waals surface area contributed by atoms with E-state index in [1.807, 2.05) is 25.1 Å². The van der Waals surface area contributed by atoms with Crippen molar-refractivity contribution in [3.05, 3.63) is 75.3 Å². The van der Waals surface area contributed by atoms with Gasteiger partial charge in [0.15, 0.2) is 11.5 Å². The van der Waals surface area contributed by atoms with Gasteiger partial charge in [0.05, 0.1) is 21.3 Å². The van der Waals surface area contributed by atoms with Crippen molar-refractivity contribution in [3.8, 4) is 17.2 Å². The lowest BCUT2D eigenvalue weighted by Gasteiger charge is -2.18. The molecule has 0 aliphatic carbocycles. The summed E-state index contributed by atoms with van der Waals surface area (Å²) in [4.78, 5) is 20.6. The maximum Gasteiger partial charge on any atom is 0.262 e. The summed E-state index contributed by atoms with van der Waals surface area (Å²) in [5.41, 5.74) is 2.37. The Balaban J connectivity index is 1.84. The number of benzene rings is 2. The van der Waals surface area contributed by atoms with E-state index < -0.39 is 0 Å². The third-order valence-electron chi connectivity index (χ3n) is 6.05. The average Bonchev–Trinajstić information content (AvgIpc) is 2.88. The van der Waals surface area contributed by atoms with E-state index in [2.05, 4.69) is 41.5 Å². The largest absolute Gasteiger partial charge is 0.493 e. The second-order valence-electron chi connectivity index (χ2n) is 8.70. The number of aryl methyl sites for hydroxylation is 1. The SMILES string of the molecule is CCC(=N)c1c(NC(C)CCCc2ccccc2)nc(Cc2cc(OC)c(OC)c(OC)c2)[nH]c1=O. The molecule has 3 rings (SSSR count). The Morgan fingerprint density at radius 1 is 1.06 bits per heavy atom. The van der Waals surface area contributed by atoms with Crippen LogP contribution < -0.4 is 25.1 Å². The third-order valence-corrected chi connectivity index (χ3v) is 6.05. The van der Waals surface area contributed by atoms with Gasteiger partial charge in [-0.1, -0.05) is 37.3 Å². The van der Waals surface area contributed by atoms with Gasteiger partial charge in [-0.2, -0.15) is 0 Å². The molecule has 192 valence electrons. The molecule has 1 heterocycles. The summed E-state index contributed by atoms with van der Waals surface area (Å²) in [7, 11) is 4.68. The quantitative estimate of drug-likeness (QED) is 0.290. The van der Waals surface area contributed by atoms with E-state index >= 15 is 0 Å². The summed E-state index contributed by atoms with van der Waals surface area (Å²) in [6, 6.07) is 14.1. The average molecular weight is 493 g/mol. The van der Waals surface area contributed by atoms with Crippen molar-refractivity contribution in [3.63, 3.8) is 0 Å². The minimum atomic E-state index is -0.321. The number of hydrogen-bond donors (Lipinski definition) is 3. The Labute approximate surface area is 212 Å². The molecule has 8 heteroatoms. The third kappa shape index (κ3) is 6.65. The van der Waals surface area contributed by atoms with Gasteiger partial charge >= 0.3 is 0 Å². The number of anilines is 1. The maximum absolute atomic E-state index is 13.0. The van der Waals surface area contributed by atoms with Crippen LogP contribution in [-0.2, 0) is 12.8 Å². The van der Waals surface area contributed by atoms with Crippen molar-refractivity contribution in [1.29, 1.82) is 5.41 Å². The molecule has 0 saturated carbocycles. The Morgan fingerprint density at radius 2 is 1.72 bits per heavy atom. The number of nitrogens with zero attached hydrogens (tertiary/aromatic N) is 1. The second-order valence-corrected chi connectivity index (χ2v) is 8.70. The fraction of sp³-hybridized carbons (Fsp3) is 0.393. The molecule has 2 aromatic carbocycles. The van der Waals surface area contributed by atoms with Gasteiger partial charge in [-0.05, 0) is 55.9 Å². The van der Waals surface area contributed by atoms with Crippen molar-refractivity contribution in [2.24, 2.45) is 0 Å². The Hall–Kier alpha value is -3.81. The van der Waals surface area contributed by atoms with Crippen molar-refractivity contribution < 1.29 is 14.2 Å². The van der Waals surface area contributed by atoms with Gasteiger partial charge in [0.25, 0.3) is 5.56 Å². The molecule has 1 aromatic heterocycles. The predicted octanol–water partition coefficient (Wildman–Crippen LogP) is 4.99. The molecule has 0 radical (unpaired) electrons. The molecule has 0 spiro atoms. The Kier molecular flexibility index (Phi) is 9.50. The standard InChI is InChI=1S/C28H36N4O4/c1-6-21(29)25-27(30-18(2)11-10-14-19-12-8-7-9-13-19)31-24(32-28(25)33)17-20-15-22(34-3)26(36-5)23(16-20)35-4/h7-9,12-13,15-16,18,29H,6,10-11,14,17H2,1-5H3,(H2,30,31,32,33). The van der Waals surface area contributed by atoms with Crippen LogP contribution in [0.15, 0.2) is 47.3 Å². The monoisotopic (exact) mass is 492 g/mol. The van der Waals surface area contributed by atoms with Gasteiger partial charge in [-0.15, -0.1) is 0 Å². The highest BCUT2D eigenvalue weighted by Crippen LogP contribution is 2.38. The first kappa shape index (κ1) is 26.8. The number of aromatic amines is 1. The number of methoxy groups -OCH3 is 3. The highest BCUT2D eigenvalue weighted by molar-refractivity contribution is 6.01. The molecule has 36 heavy (non-hydrogen) atoms.